The normalized spacial score (nSPS) is 26.6. The molecule has 1 aromatic rings. The molecule has 2 aliphatic heterocycles. The maximum Gasteiger partial charge on any atom is 0.289 e. The Morgan fingerprint density at radius 3 is 2.39 bits per heavy atom. The van der Waals surface area contributed by atoms with E-state index in [1.807, 2.05) is 60.6 Å². The number of rotatable bonds is 11. The standard InChI is InChI=1S/C37H50ClN5O6/c1-20(2)14-24-28(36(24,6)7)32(46)41-30(35(3,4)5)34(48)43-19-37(17-26(42-49-37)22-10-9-11-23(38)16-22)18-27(43)31(45)40-25(15-21-12-13-21)29(44)33(47)39-8/h9-11,14,16,21,24-25,27-28,30H,12-13,15,17-19H2,1-8H3,(H,39,47)(H,40,45)(H,41,46)/t24-,25+,27+,28+,30-,37-/m1/s1. The average molecular weight is 696 g/mol. The van der Waals surface area contributed by atoms with Crippen molar-refractivity contribution in [1.82, 2.24) is 20.9 Å². The molecule has 2 aliphatic carbocycles. The molecule has 49 heavy (non-hydrogen) atoms. The van der Waals surface area contributed by atoms with E-state index >= 15 is 0 Å². The summed E-state index contributed by atoms with van der Waals surface area (Å²) in [6.45, 7) is 13.8. The van der Waals surface area contributed by atoms with Gasteiger partial charge in [-0.2, -0.15) is 0 Å². The van der Waals surface area contributed by atoms with Gasteiger partial charge < -0.3 is 25.7 Å². The Morgan fingerprint density at radius 1 is 1.10 bits per heavy atom. The number of carbonyl (C=O) groups excluding carboxylic acids is 5. The summed E-state index contributed by atoms with van der Waals surface area (Å²) in [5, 5.41) is 13.2. The van der Waals surface area contributed by atoms with Crippen molar-refractivity contribution in [2.45, 2.75) is 104 Å². The van der Waals surface area contributed by atoms with Crippen LogP contribution in [-0.4, -0.2) is 77.3 Å². The van der Waals surface area contributed by atoms with Gasteiger partial charge in [-0.15, -0.1) is 0 Å². The molecule has 0 aromatic heterocycles. The number of hydrogen-bond acceptors (Lipinski definition) is 7. The van der Waals surface area contributed by atoms with Crippen LogP contribution in [0.3, 0.4) is 0 Å². The summed E-state index contributed by atoms with van der Waals surface area (Å²) < 4.78 is 0. The van der Waals surface area contributed by atoms with Crippen molar-refractivity contribution >= 4 is 46.7 Å². The van der Waals surface area contributed by atoms with Gasteiger partial charge in [-0.3, -0.25) is 24.0 Å². The Hall–Kier alpha value is -3.73. The Kier molecular flexibility index (Phi) is 10.1. The molecule has 2 saturated carbocycles. The summed E-state index contributed by atoms with van der Waals surface area (Å²) in [4.78, 5) is 75.6. The van der Waals surface area contributed by atoms with Gasteiger partial charge in [-0.05, 0) is 55.1 Å². The minimum absolute atomic E-state index is 0.0337. The molecule has 1 aromatic carbocycles. The van der Waals surface area contributed by atoms with Crippen molar-refractivity contribution in [2.24, 2.45) is 33.7 Å². The smallest absolute Gasteiger partial charge is 0.289 e. The highest BCUT2D eigenvalue weighted by Crippen LogP contribution is 2.59. The quantitative estimate of drug-likeness (QED) is 0.234. The second-order valence-corrected chi connectivity index (χ2v) is 16.7. The van der Waals surface area contributed by atoms with Crippen LogP contribution in [0.4, 0.5) is 0 Å². The number of nitrogens with one attached hydrogen (secondary N) is 3. The highest BCUT2D eigenvalue weighted by molar-refractivity contribution is 6.38. The van der Waals surface area contributed by atoms with Crippen molar-refractivity contribution in [3.8, 4) is 0 Å². The molecular formula is C37H50ClN5O6. The average Bonchev–Trinajstić information content (AvgIpc) is 3.82. The molecule has 5 rings (SSSR count). The number of oxime groups is 1. The van der Waals surface area contributed by atoms with E-state index in [1.165, 1.54) is 11.9 Å². The third-order valence-electron chi connectivity index (χ3n) is 10.4. The number of likely N-dealkylation sites (N-methyl/N-ethyl adjacent to an activating group) is 1. The fraction of sp³-hybridized carbons (Fsp3) is 0.622. The summed E-state index contributed by atoms with van der Waals surface area (Å²) in [6.07, 6.45) is 4.70. The van der Waals surface area contributed by atoms with E-state index in [0.717, 1.165) is 24.0 Å². The number of halogens is 1. The van der Waals surface area contributed by atoms with E-state index < -0.39 is 52.6 Å². The lowest BCUT2D eigenvalue weighted by Gasteiger charge is -2.36. The zero-order valence-electron chi connectivity index (χ0n) is 29.8. The van der Waals surface area contributed by atoms with Gasteiger partial charge in [-0.25, -0.2) is 0 Å². The van der Waals surface area contributed by atoms with Gasteiger partial charge in [0.1, 0.15) is 12.1 Å². The summed E-state index contributed by atoms with van der Waals surface area (Å²) in [7, 11) is 1.37. The molecule has 266 valence electrons. The molecule has 3 N–H and O–H groups in total. The van der Waals surface area contributed by atoms with Crippen LogP contribution in [0.1, 0.15) is 86.1 Å². The fourth-order valence-electron chi connectivity index (χ4n) is 7.32. The van der Waals surface area contributed by atoms with Gasteiger partial charge in [0.2, 0.25) is 23.5 Å². The molecule has 0 unspecified atom stereocenters. The van der Waals surface area contributed by atoms with E-state index in [-0.39, 0.29) is 42.0 Å². The molecule has 1 spiro atoms. The second-order valence-electron chi connectivity index (χ2n) is 16.2. The van der Waals surface area contributed by atoms with E-state index in [2.05, 4.69) is 27.2 Å². The third-order valence-corrected chi connectivity index (χ3v) is 10.7. The van der Waals surface area contributed by atoms with Crippen molar-refractivity contribution in [1.29, 1.82) is 0 Å². The minimum atomic E-state index is -1.04. The summed E-state index contributed by atoms with van der Waals surface area (Å²) in [5.41, 5.74) is 0.543. The van der Waals surface area contributed by atoms with Crippen molar-refractivity contribution in [3.63, 3.8) is 0 Å². The number of Topliss-reactive ketones (excluding diaryl/α,β-unsaturated/α-hetero) is 1. The largest absolute Gasteiger partial charge is 0.387 e. The zero-order valence-corrected chi connectivity index (χ0v) is 30.6. The number of allylic oxidation sites excluding steroid dienone is 2. The van der Waals surface area contributed by atoms with Crippen LogP contribution >= 0.6 is 11.6 Å². The van der Waals surface area contributed by atoms with Crippen molar-refractivity contribution in [3.05, 3.63) is 46.5 Å². The maximum atomic E-state index is 14.7. The Labute approximate surface area is 294 Å². The first-order chi connectivity index (χ1) is 22.9. The van der Waals surface area contributed by atoms with Gasteiger partial charge in [-0.1, -0.05) is 88.0 Å². The van der Waals surface area contributed by atoms with Crippen LogP contribution in [0.5, 0.6) is 0 Å². The molecule has 2 heterocycles. The van der Waals surface area contributed by atoms with Gasteiger partial charge in [0.05, 0.1) is 24.2 Å². The highest BCUT2D eigenvalue weighted by atomic mass is 35.5. The predicted molar refractivity (Wildman–Crippen MR) is 186 cm³/mol. The molecule has 0 radical (unpaired) electrons. The van der Waals surface area contributed by atoms with Gasteiger partial charge in [0.25, 0.3) is 5.91 Å². The number of carbonyl (C=O) groups is 5. The van der Waals surface area contributed by atoms with E-state index in [1.54, 1.807) is 12.1 Å². The van der Waals surface area contributed by atoms with Crippen LogP contribution in [0, 0.1) is 28.6 Å². The Bertz CT molecular complexity index is 1590. The molecular weight excluding hydrogens is 646 g/mol. The predicted octanol–water partition coefficient (Wildman–Crippen LogP) is 4.17. The lowest BCUT2D eigenvalue weighted by atomic mass is 9.85. The molecule has 12 heteroatoms. The van der Waals surface area contributed by atoms with Crippen LogP contribution in [-0.2, 0) is 28.8 Å². The van der Waals surface area contributed by atoms with Crippen LogP contribution in [0.25, 0.3) is 0 Å². The number of benzene rings is 1. The molecule has 0 bridgehead atoms. The monoisotopic (exact) mass is 695 g/mol. The van der Waals surface area contributed by atoms with Crippen LogP contribution in [0.2, 0.25) is 5.02 Å². The summed E-state index contributed by atoms with van der Waals surface area (Å²) in [5.74, 6) is -2.71. The van der Waals surface area contributed by atoms with Gasteiger partial charge in [0.15, 0.2) is 5.60 Å². The number of nitrogens with zero attached hydrogens (tertiary/aromatic N) is 2. The lowest BCUT2D eigenvalue weighted by Crippen LogP contribution is -2.59. The van der Waals surface area contributed by atoms with Gasteiger partial charge in [0, 0.05) is 30.5 Å². The SMILES string of the molecule is CNC(=O)C(=O)[C@H](CC1CC1)NC(=O)[C@@H]1C[C@]2(CC(c3cccc(Cl)c3)=NO2)CN1C(=O)[C@@H](NC(=O)[C@@H]1[C@@H](C=C(C)C)C1(C)C)C(C)(C)C. The number of hydrogen-bond donors (Lipinski definition) is 3. The molecule has 1 saturated heterocycles. The number of likely N-dealkylation sites (tertiary alicyclic amines) is 1. The minimum Gasteiger partial charge on any atom is -0.387 e. The summed E-state index contributed by atoms with van der Waals surface area (Å²) in [6, 6.07) is 4.20. The van der Waals surface area contributed by atoms with E-state index in [0.29, 0.717) is 23.6 Å². The first kappa shape index (κ1) is 36.5. The second kappa shape index (κ2) is 13.5. The van der Waals surface area contributed by atoms with Gasteiger partial charge >= 0.3 is 0 Å². The molecule has 11 nitrogen and oxygen atoms in total. The van der Waals surface area contributed by atoms with E-state index in [9.17, 15) is 24.0 Å². The molecule has 6 atom stereocenters. The van der Waals surface area contributed by atoms with Crippen LogP contribution in [0.15, 0.2) is 41.1 Å². The maximum absolute atomic E-state index is 14.7. The van der Waals surface area contributed by atoms with Crippen molar-refractivity contribution in [2.75, 3.05) is 13.6 Å². The number of amides is 4. The Balaban J connectivity index is 1.43. The zero-order chi connectivity index (χ0) is 36.1. The highest BCUT2D eigenvalue weighted by Gasteiger charge is 2.61. The topological polar surface area (TPSA) is 146 Å². The Morgan fingerprint density at radius 2 is 1.80 bits per heavy atom. The lowest BCUT2D eigenvalue weighted by molar-refractivity contribution is -0.145. The van der Waals surface area contributed by atoms with Crippen molar-refractivity contribution < 1.29 is 28.8 Å². The van der Waals surface area contributed by atoms with Crippen LogP contribution < -0.4 is 16.0 Å². The summed E-state index contributed by atoms with van der Waals surface area (Å²) >= 11 is 6.25. The van der Waals surface area contributed by atoms with E-state index in [4.69, 9.17) is 16.4 Å². The third kappa shape index (κ3) is 7.87. The molecule has 4 amide bonds. The molecule has 3 fully saturated rings. The fourth-order valence-corrected chi connectivity index (χ4v) is 7.51. The number of ketones is 1. The molecule has 4 aliphatic rings. The first-order valence-electron chi connectivity index (χ1n) is 17.2. The first-order valence-corrected chi connectivity index (χ1v) is 17.6.